The van der Waals surface area contributed by atoms with E-state index in [2.05, 4.69) is 6.92 Å². The summed E-state index contributed by atoms with van der Waals surface area (Å²) in [5.74, 6) is 1.46. The molecule has 0 saturated carbocycles. The summed E-state index contributed by atoms with van der Waals surface area (Å²) in [7, 11) is 1.60. The molecule has 4 rings (SSSR count). The van der Waals surface area contributed by atoms with E-state index in [-0.39, 0.29) is 17.3 Å². The van der Waals surface area contributed by atoms with Crippen molar-refractivity contribution in [3.8, 4) is 17.2 Å². The van der Waals surface area contributed by atoms with E-state index < -0.39 is 0 Å². The molecule has 0 bridgehead atoms. The van der Waals surface area contributed by atoms with Crippen LogP contribution in [-0.4, -0.2) is 30.6 Å². The smallest absolute Gasteiger partial charge is 0.231 e. The summed E-state index contributed by atoms with van der Waals surface area (Å²) in [6, 6.07) is 11.3. The molecule has 2 heterocycles. The van der Waals surface area contributed by atoms with Crippen molar-refractivity contribution in [1.82, 2.24) is 0 Å². The van der Waals surface area contributed by atoms with E-state index in [0.29, 0.717) is 29.6 Å². The van der Waals surface area contributed by atoms with Gasteiger partial charge < -0.3 is 19.5 Å². The fraction of sp³-hybridized carbons (Fsp3) is 0.348. The molecule has 0 aliphatic carbocycles. The average Bonchev–Trinajstić information content (AvgIpc) is 3.02. The number of methoxy groups -OCH3 is 1. The van der Waals surface area contributed by atoms with Gasteiger partial charge in [0, 0.05) is 5.56 Å². The number of rotatable bonds is 4. The van der Waals surface area contributed by atoms with Crippen LogP contribution in [0.25, 0.3) is 6.08 Å². The van der Waals surface area contributed by atoms with Crippen LogP contribution in [0.3, 0.4) is 0 Å². The molecule has 1 unspecified atom stereocenters. The molecular formula is C23H26NO4+. The maximum absolute atomic E-state index is 12.9. The number of hydrogen-bond acceptors (Lipinski definition) is 4. The van der Waals surface area contributed by atoms with Crippen molar-refractivity contribution in [2.75, 3.05) is 13.7 Å². The number of benzene rings is 2. The summed E-state index contributed by atoms with van der Waals surface area (Å²) in [6.45, 7) is 3.97. The summed E-state index contributed by atoms with van der Waals surface area (Å²) in [5.41, 5.74) is 2.01. The van der Waals surface area contributed by atoms with E-state index in [4.69, 9.17) is 9.47 Å². The lowest BCUT2D eigenvalue weighted by atomic mass is 10.0. The molecule has 0 spiro atoms. The predicted octanol–water partition coefficient (Wildman–Crippen LogP) is 2.97. The van der Waals surface area contributed by atoms with E-state index in [1.807, 2.05) is 24.3 Å². The Labute approximate surface area is 165 Å². The summed E-state index contributed by atoms with van der Waals surface area (Å²) in [4.78, 5) is 14.3. The Hall–Kier alpha value is -2.79. The molecule has 2 atom stereocenters. The van der Waals surface area contributed by atoms with Gasteiger partial charge in [-0.25, -0.2) is 0 Å². The van der Waals surface area contributed by atoms with Crippen LogP contribution in [0.4, 0.5) is 0 Å². The third kappa shape index (κ3) is 3.38. The van der Waals surface area contributed by atoms with E-state index in [9.17, 15) is 9.90 Å². The van der Waals surface area contributed by atoms with Crippen molar-refractivity contribution in [3.63, 3.8) is 0 Å². The Morgan fingerprint density at radius 1 is 1.25 bits per heavy atom. The van der Waals surface area contributed by atoms with Crippen LogP contribution in [0.15, 0.2) is 42.2 Å². The third-order valence-corrected chi connectivity index (χ3v) is 5.83. The Bertz CT molecular complexity index is 934. The Kier molecular flexibility index (Phi) is 5.09. The van der Waals surface area contributed by atoms with E-state index in [0.717, 1.165) is 17.7 Å². The number of carbonyl (C=O) groups excluding carboxylic acids is 1. The number of nitrogens with one attached hydrogen (secondary N) is 1. The van der Waals surface area contributed by atoms with E-state index >= 15 is 0 Å². The number of para-hydroxylation sites is 1. The Morgan fingerprint density at radius 3 is 2.86 bits per heavy atom. The number of allylic oxidation sites excluding steroid dienone is 1. The first-order valence-corrected chi connectivity index (χ1v) is 9.85. The van der Waals surface area contributed by atoms with Crippen molar-refractivity contribution >= 4 is 11.9 Å². The number of hydrogen-bond donors (Lipinski definition) is 2. The van der Waals surface area contributed by atoms with Crippen molar-refractivity contribution in [1.29, 1.82) is 0 Å². The third-order valence-electron chi connectivity index (χ3n) is 5.83. The molecular weight excluding hydrogens is 354 g/mol. The summed E-state index contributed by atoms with van der Waals surface area (Å²) in [5, 5.41) is 10.5. The van der Waals surface area contributed by atoms with Crippen LogP contribution in [0.2, 0.25) is 0 Å². The Balaban J connectivity index is 1.68. The topological polar surface area (TPSA) is 60.2 Å². The fourth-order valence-corrected chi connectivity index (χ4v) is 4.14. The van der Waals surface area contributed by atoms with Gasteiger partial charge in [-0.1, -0.05) is 18.2 Å². The monoisotopic (exact) mass is 380 g/mol. The molecule has 2 aromatic carbocycles. The molecule has 5 heteroatoms. The molecule has 146 valence electrons. The quantitative estimate of drug-likeness (QED) is 0.801. The molecule has 0 radical (unpaired) electrons. The number of fused-ring (bicyclic) bond motifs is 1. The zero-order chi connectivity index (χ0) is 19.7. The van der Waals surface area contributed by atoms with Crippen LogP contribution in [0, 0.1) is 0 Å². The maximum Gasteiger partial charge on any atom is 0.231 e. The van der Waals surface area contributed by atoms with E-state index in [1.54, 1.807) is 25.3 Å². The van der Waals surface area contributed by atoms with Crippen LogP contribution >= 0.6 is 0 Å². The van der Waals surface area contributed by atoms with Gasteiger partial charge in [0.2, 0.25) is 5.78 Å². The second-order valence-corrected chi connectivity index (χ2v) is 7.60. The number of phenolic OH excluding ortho intramolecular Hbond substituents is 1. The van der Waals surface area contributed by atoms with Gasteiger partial charge in [-0.3, -0.25) is 4.79 Å². The van der Waals surface area contributed by atoms with Gasteiger partial charge in [0.05, 0.1) is 30.8 Å². The fourth-order valence-electron chi connectivity index (χ4n) is 4.14. The molecule has 2 aromatic rings. The standard InChI is InChI=1S/C23H25NO4/c1-15-7-5-6-12-24(15)14-18-19(25)11-10-17-22(26)21(28-23(17)18)13-16-8-3-4-9-20(16)27-2/h3-4,8-11,13,15,25H,5-7,12,14H2,1-2H3/p+1/t15-/m1/s1. The van der Waals surface area contributed by atoms with Crippen LogP contribution in [0.1, 0.15) is 47.7 Å². The summed E-state index contributed by atoms with van der Waals surface area (Å²) >= 11 is 0. The molecule has 2 N–H and O–H groups in total. The minimum absolute atomic E-state index is 0.163. The average molecular weight is 380 g/mol. The maximum atomic E-state index is 12.9. The Morgan fingerprint density at radius 2 is 2.07 bits per heavy atom. The highest BCUT2D eigenvalue weighted by molar-refractivity contribution is 6.15. The number of piperidine rings is 1. The van der Waals surface area contributed by atoms with Crippen molar-refractivity contribution in [2.24, 2.45) is 0 Å². The van der Waals surface area contributed by atoms with Gasteiger partial charge in [-0.2, -0.15) is 0 Å². The largest absolute Gasteiger partial charge is 0.507 e. The summed E-state index contributed by atoms with van der Waals surface area (Å²) < 4.78 is 11.4. The first kappa shape index (κ1) is 18.6. The number of Topliss-reactive ketones (excluding diaryl/α,β-unsaturated/α-hetero) is 1. The highest BCUT2D eigenvalue weighted by Gasteiger charge is 2.34. The second kappa shape index (κ2) is 7.68. The van der Waals surface area contributed by atoms with Crippen LogP contribution < -0.4 is 14.4 Å². The lowest BCUT2D eigenvalue weighted by molar-refractivity contribution is -0.941. The lowest BCUT2D eigenvalue weighted by Gasteiger charge is -2.30. The van der Waals surface area contributed by atoms with Crippen LogP contribution in [0.5, 0.6) is 17.2 Å². The SMILES string of the molecule is COc1ccccc1C=C1Oc2c(ccc(O)c2C[NH+]2CCCC[C@H]2C)C1=O. The molecule has 1 fully saturated rings. The van der Waals surface area contributed by atoms with E-state index in [1.165, 1.54) is 24.2 Å². The second-order valence-electron chi connectivity index (χ2n) is 7.60. The number of ether oxygens (including phenoxy) is 2. The van der Waals surface area contributed by atoms with Crippen molar-refractivity contribution in [3.05, 3.63) is 58.8 Å². The first-order valence-electron chi connectivity index (χ1n) is 9.85. The van der Waals surface area contributed by atoms with Crippen molar-refractivity contribution in [2.45, 2.75) is 38.8 Å². The van der Waals surface area contributed by atoms with Gasteiger partial charge in [-0.05, 0) is 50.5 Å². The zero-order valence-electron chi connectivity index (χ0n) is 16.3. The zero-order valence-corrected chi connectivity index (χ0v) is 16.3. The number of phenols is 1. The molecule has 2 aliphatic heterocycles. The normalized spacial score (nSPS) is 22.8. The van der Waals surface area contributed by atoms with Gasteiger partial charge in [0.25, 0.3) is 0 Å². The van der Waals surface area contributed by atoms with Crippen LogP contribution in [-0.2, 0) is 6.54 Å². The van der Waals surface area contributed by atoms with Gasteiger partial charge in [0.1, 0.15) is 18.0 Å². The molecule has 5 nitrogen and oxygen atoms in total. The number of ketones is 1. The number of carbonyl (C=O) groups is 1. The first-order chi connectivity index (χ1) is 13.6. The number of quaternary nitrogens is 1. The molecule has 2 aliphatic rings. The summed E-state index contributed by atoms with van der Waals surface area (Å²) in [6.07, 6.45) is 5.33. The highest BCUT2D eigenvalue weighted by atomic mass is 16.5. The van der Waals surface area contributed by atoms with Gasteiger partial charge >= 0.3 is 0 Å². The predicted molar refractivity (Wildman–Crippen MR) is 107 cm³/mol. The molecule has 0 amide bonds. The van der Waals surface area contributed by atoms with Crippen molar-refractivity contribution < 1.29 is 24.3 Å². The van der Waals surface area contributed by atoms with Gasteiger partial charge in [-0.15, -0.1) is 0 Å². The minimum Gasteiger partial charge on any atom is -0.507 e. The minimum atomic E-state index is -0.163. The molecule has 1 saturated heterocycles. The molecule has 28 heavy (non-hydrogen) atoms. The molecule has 0 aromatic heterocycles. The van der Waals surface area contributed by atoms with Gasteiger partial charge in [0.15, 0.2) is 11.5 Å². The number of likely N-dealkylation sites (tertiary alicyclic amines) is 1. The highest BCUT2D eigenvalue weighted by Crippen LogP contribution is 2.39. The number of aromatic hydroxyl groups is 1. The lowest BCUT2D eigenvalue weighted by Crippen LogP contribution is -3.14.